The molecule has 2 unspecified atom stereocenters. The van der Waals surface area contributed by atoms with Crippen LogP contribution >= 0.6 is 0 Å². The van der Waals surface area contributed by atoms with Crippen molar-refractivity contribution in [2.75, 3.05) is 0 Å². The first-order valence-electron chi connectivity index (χ1n) is 6.74. The second-order valence-electron chi connectivity index (χ2n) is 5.49. The van der Waals surface area contributed by atoms with Gasteiger partial charge in [0.15, 0.2) is 0 Å². The SMILES string of the molecule is CCCCC(C)CCC(C)C1CCC1. The molecule has 0 heterocycles. The monoisotopic (exact) mass is 196 g/mol. The van der Waals surface area contributed by atoms with Crippen molar-refractivity contribution >= 4 is 0 Å². The zero-order valence-corrected chi connectivity index (χ0v) is 10.4. The molecule has 2 atom stereocenters. The van der Waals surface area contributed by atoms with Gasteiger partial charge in [0.2, 0.25) is 0 Å². The third kappa shape index (κ3) is 4.02. The Labute approximate surface area is 90.5 Å². The third-order valence-electron chi connectivity index (χ3n) is 4.12. The summed E-state index contributed by atoms with van der Waals surface area (Å²) in [7, 11) is 0. The first-order valence-corrected chi connectivity index (χ1v) is 6.74. The maximum atomic E-state index is 2.47. The normalized spacial score (nSPS) is 21.6. The van der Waals surface area contributed by atoms with Gasteiger partial charge in [0.25, 0.3) is 0 Å². The van der Waals surface area contributed by atoms with Crippen molar-refractivity contribution in [2.45, 2.75) is 72.1 Å². The maximum Gasteiger partial charge on any atom is -0.0388 e. The van der Waals surface area contributed by atoms with E-state index in [9.17, 15) is 0 Å². The molecule has 0 spiro atoms. The summed E-state index contributed by atoms with van der Waals surface area (Å²) >= 11 is 0. The Kier molecular flexibility index (Phi) is 5.59. The molecule has 0 aromatic carbocycles. The van der Waals surface area contributed by atoms with E-state index in [2.05, 4.69) is 20.8 Å². The summed E-state index contributed by atoms with van der Waals surface area (Å²) in [5.41, 5.74) is 0. The predicted octanol–water partition coefficient (Wildman–Crippen LogP) is 5.03. The van der Waals surface area contributed by atoms with E-state index in [0.29, 0.717) is 0 Å². The lowest BCUT2D eigenvalue weighted by Crippen LogP contribution is -2.20. The molecule has 0 saturated heterocycles. The molecular weight excluding hydrogens is 168 g/mol. The molecule has 1 aliphatic rings. The largest absolute Gasteiger partial charge is 0.0654 e. The van der Waals surface area contributed by atoms with Crippen LogP contribution in [0.3, 0.4) is 0 Å². The number of unbranched alkanes of at least 4 members (excludes halogenated alkanes) is 1. The van der Waals surface area contributed by atoms with Crippen LogP contribution in [0.5, 0.6) is 0 Å². The van der Waals surface area contributed by atoms with Crippen LogP contribution in [0.2, 0.25) is 0 Å². The van der Waals surface area contributed by atoms with Crippen molar-refractivity contribution in [2.24, 2.45) is 17.8 Å². The van der Waals surface area contributed by atoms with Crippen molar-refractivity contribution in [1.82, 2.24) is 0 Å². The van der Waals surface area contributed by atoms with Crippen LogP contribution in [0.4, 0.5) is 0 Å². The van der Waals surface area contributed by atoms with Crippen molar-refractivity contribution in [3.8, 4) is 0 Å². The van der Waals surface area contributed by atoms with Gasteiger partial charge in [0.1, 0.15) is 0 Å². The standard InChI is InChI=1S/C14H28/c1-4-5-7-12(2)10-11-13(3)14-8-6-9-14/h12-14H,4-11H2,1-3H3. The molecule has 0 radical (unpaired) electrons. The third-order valence-corrected chi connectivity index (χ3v) is 4.12. The zero-order valence-electron chi connectivity index (χ0n) is 10.4. The van der Waals surface area contributed by atoms with Gasteiger partial charge in [-0.05, 0) is 17.8 Å². The van der Waals surface area contributed by atoms with E-state index < -0.39 is 0 Å². The van der Waals surface area contributed by atoms with E-state index in [1.54, 1.807) is 0 Å². The molecule has 0 aliphatic heterocycles. The van der Waals surface area contributed by atoms with Crippen LogP contribution in [0.25, 0.3) is 0 Å². The summed E-state index contributed by atoms with van der Waals surface area (Å²) in [5.74, 6) is 3.07. The summed E-state index contributed by atoms with van der Waals surface area (Å²) in [6, 6.07) is 0. The van der Waals surface area contributed by atoms with Crippen LogP contribution in [0.1, 0.15) is 72.1 Å². The molecule has 0 nitrogen and oxygen atoms in total. The van der Waals surface area contributed by atoms with E-state index in [1.165, 1.54) is 51.4 Å². The summed E-state index contributed by atoms with van der Waals surface area (Å²) in [4.78, 5) is 0. The van der Waals surface area contributed by atoms with Crippen LogP contribution in [-0.2, 0) is 0 Å². The molecule has 1 fully saturated rings. The minimum absolute atomic E-state index is 0.970. The van der Waals surface area contributed by atoms with Gasteiger partial charge in [0, 0.05) is 0 Å². The smallest absolute Gasteiger partial charge is 0.0388 e. The van der Waals surface area contributed by atoms with E-state index >= 15 is 0 Å². The van der Waals surface area contributed by atoms with Gasteiger partial charge >= 0.3 is 0 Å². The molecule has 1 rings (SSSR count). The van der Waals surface area contributed by atoms with Crippen molar-refractivity contribution < 1.29 is 0 Å². The molecule has 84 valence electrons. The Hall–Kier alpha value is 0. The van der Waals surface area contributed by atoms with Crippen LogP contribution in [-0.4, -0.2) is 0 Å². The summed E-state index contributed by atoms with van der Waals surface area (Å²) in [6.07, 6.45) is 11.7. The topological polar surface area (TPSA) is 0 Å². The number of hydrogen-bond acceptors (Lipinski definition) is 0. The van der Waals surface area contributed by atoms with Gasteiger partial charge in [0.05, 0.1) is 0 Å². The molecular formula is C14H28. The second kappa shape index (κ2) is 6.48. The minimum Gasteiger partial charge on any atom is -0.0654 e. The lowest BCUT2D eigenvalue weighted by atomic mass is 9.74. The first kappa shape index (κ1) is 12.1. The average molecular weight is 196 g/mol. The molecule has 0 heteroatoms. The Bertz CT molecular complexity index is 135. The van der Waals surface area contributed by atoms with E-state index in [-0.39, 0.29) is 0 Å². The van der Waals surface area contributed by atoms with E-state index in [1.807, 2.05) is 0 Å². The van der Waals surface area contributed by atoms with Gasteiger partial charge in [-0.25, -0.2) is 0 Å². The molecule has 0 amide bonds. The van der Waals surface area contributed by atoms with Crippen LogP contribution in [0, 0.1) is 17.8 Å². The highest BCUT2D eigenvalue weighted by Crippen LogP contribution is 2.36. The first-order chi connectivity index (χ1) is 6.74. The Balaban J connectivity index is 2.00. The number of rotatable bonds is 7. The quantitative estimate of drug-likeness (QED) is 0.536. The molecule has 0 bridgehead atoms. The molecule has 1 aliphatic carbocycles. The molecule has 0 aromatic heterocycles. The fourth-order valence-corrected chi connectivity index (χ4v) is 2.49. The summed E-state index contributed by atoms with van der Waals surface area (Å²) in [6.45, 7) is 7.20. The highest BCUT2D eigenvalue weighted by atomic mass is 14.3. The highest BCUT2D eigenvalue weighted by Gasteiger charge is 2.23. The van der Waals surface area contributed by atoms with Gasteiger partial charge in [-0.2, -0.15) is 0 Å². The average Bonchev–Trinajstić information content (AvgIpc) is 2.08. The van der Waals surface area contributed by atoms with Gasteiger partial charge in [-0.15, -0.1) is 0 Å². The second-order valence-corrected chi connectivity index (χ2v) is 5.49. The van der Waals surface area contributed by atoms with E-state index in [0.717, 1.165) is 17.8 Å². The number of hydrogen-bond donors (Lipinski definition) is 0. The fraction of sp³-hybridized carbons (Fsp3) is 1.00. The lowest BCUT2D eigenvalue weighted by Gasteiger charge is -2.32. The molecule has 1 saturated carbocycles. The highest BCUT2D eigenvalue weighted by molar-refractivity contribution is 4.75. The van der Waals surface area contributed by atoms with Gasteiger partial charge < -0.3 is 0 Å². The summed E-state index contributed by atoms with van der Waals surface area (Å²) in [5, 5.41) is 0. The maximum absolute atomic E-state index is 2.47. The zero-order chi connectivity index (χ0) is 10.4. The van der Waals surface area contributed by atoms with Crippen LogP contribution in [0.15, 0.2) is 0 Å². The molecule has 0 N–H and O–H groups in total. The molecule has 14 heavy (non-hydrogen) atoms. The van der Waals surface area contributed by atoms with Crippen LogP contribution < -0.4 is 0 Å². The van der Waals surface area contributed by atoms with Gasteiger partial charge in [-0.3, -0.25) is 0 Å². The summed E-state index contributed by atoms with van der Waals surface area (Å²) < 4.78 is 0. The Morgan fingerprint density at radius 1 is 1.07 bits per heavy atom. The lowest BCUT2D eigenvalue weighted by molar-refractivity contribution is 0.200. The van der Waals surface area contributed by atoms with Crippen molar-refractivity contribution in [1.29, 1.82) is 0 Å². The van der Waals surface area contributed by atoms with Crippen molar-refractivity contribution in [3.05, 3.63) is 0 Å². The Morgan fingerprint density at radius 3 is 2.29 bits per heavy atom. The molecule has 0 aromatic rings. The predicted molar refractivity (Wildman–Crippen MR) is 64.4 cm³/mol. The minimum atomic E-state index is 0.970. The van der Waals surface area contributed by atoms with E-state index in [4.69, 9.17) is 0 Å². The fourth-order valence-electron chi connectivity index (χ4n) is 2.49. The Morgan fingerprint density at radius 2 is 1.79 bits per heavy atom. The van der Waals surface area contributed by atoms with Gasteiger partial charge in [-0.1, -0.05) is 72.1 Å². The van der Waals surface area contributed by atoms with Crippen molar-refractivity contribution in [3.63, 3.8) is 0 Å².